The van der Waals surface area contributed by atoms with Crippen LogP contribution < -0.4 is 0 Å². The molecular weight excluding hydrogens is 292 g/mol. The number of fused-ring (bicyclic) bond motifs is 1. The van der Waals surface area contributed by atoms with Crippen molar-refractivity contribution < 1.29 is 8.83 Å². The van der Waals surface area contributed by atoms with Crippen molar-refractivity contribution in [2.45, 2.75) is 23.8 Å². The third-order valence-corrected chi connectivity index (χ3v) is 3.48. The van der Waals surface area contributed by atoms with Crippen LogP contribution in [0.3, 0.4) is 0 Å². The lowest BCUT2D eigenvalue weighted by Gasteiger charge is -2.07. The molecule has 0 aliphatic rings. The van der Waals surface area contributed by atoms with Crippen molar-refractivity contribution in [2.75, 3.05) is 0 Å². The lowest BCUT2D eigenvalue weighted by atomic mass is 10.1. The van der Waals surface area contributed by atoms with Gasteiger partial charge in [0, 0.05) is 15.9 Å². The number of thiol groups is 2. The molecule has 0 radical (unpaired) electrons. The predicted molar refractivity (Wildman–Crippen MR) is 84.3 cm³/mol. The molecule has 0 spiro atoms. The van der Waals surface area contributed by atoms with E-state index < -0.39 is 0 Å². The summed E-state index contributed by atoms with van der Waals surface area (Å²) in [4.78, 5) is 0. The van der Waals surface area contributed by atoms with Gasteiger partial charge in [-0.25, -0.2) is 0 Å². The van der Waals surface area contributed by atoms with Gasteiger partial charge in [-0.2, -0.15) is 25.3 Å². The Morgan fingerprint density at radius 2 is 1.95 bits per heavy atom. The highest BCUT2D eigenvalue weighted by molar-refractivity contribution is 7.99. The number of aromatic nitrogens is 2. The molecule has 3 aromatic rings. The van der Waals surface area contributed by atoms with E-state index in [2.05, 4.69) is 35.5 Å². The maximum Gasteiger partial charge on any atom is 0.283 e. The van der Waals surface area contributed by atoms with Crippen molar-refractivity contribution in [3.8, 4) is 11.7 Å². The van der Waals surface area contributed by atoms with Gasteiger partial charge in [-0.05, 0) is 18.6 Å². The van der Waals surface area contributed by atoms with Crippen LogP contribution in [-0.2, 0) is 0 Å². The largest absolute Gasteiger partial charge is 0.451 e. The van der Waals surface area contributed by atoms with Crippen LogP contribution in [0.25, 0.3) is 22.6 Å². The minimum atomic E-state index is -0.00782. The van der Waals surface area contributed by atoms with E-state index in [9.17, 15) is 0 Å². The Bertz CT molecular complexity index is 688. The van der Waals surface area contributed by atoms with Crippen molar-refractivity contribution in [3.05, 3.63) is 36.2 Å². The average Bonchev–Trinajstić information content (AvgIpc) is 3.04. The predicted octanol–water partition coefficient (Wildman–Crippen LogP) is 4.16. The van der Waals surface area contributed by atoms with Gasteiger partial charge in [0.05, 0.1) is 0 Å². The van der Waals surface area contributed by atoms with E-state index >= 15 is 0 Å². The summed E-state index contributed by atoms with van der Waals surface area (Å²) in [5, 5.41) is 9.14. The number of nitrogens with zero attached hydrogens (tertiary/aromatic N) is 2. The van der Waals surface area contributed by atoms with Crippen LogP contribution >= 0.6 is 25.3 Å². The van der Waals surface area contributed by atoms with Gasteiger partial charge in [0.15, 0.2) is 5.76 Å². The zero-order valence-electron chi connectivity index (χ0n) is 10.9. The second-order valence-corrected chi connectivity index (χ2v) is 6.37. The van der Waals surface area contributed by atoms with E-state index in [1.807, 2.05) is 37.3 Å². The van der Waals surface area contributed by atoms with E-state index in [0.29, 0.717) is 17.5 Å². The zero-order valence-corrected chi connectivity index (χ0v) is 12.6. The van der Waals surface area contributed by atoms with Crippen molar-refractivity contribution in [2.24, 2.45) is 0 Å². The fourth-order valence-electron chi connectivity index (χ4n) is 2.04. The van der Waals surface area contributed by atoms with Crippen molar-refractivity contribution in [1.82, 2.24) is 10.2 Å². The molecule has 0 amide bonds. The molecule has 3 rings (SSSR count). The monoisotopic (exact) mass is 306 g/mol. The molecule has 1 atom stereocenters. The number of hydrogen-bond donors (Lipinski definition) is 2. The summed E-state index contributed by atoms with van der Waals surface area (Å²) >= 11 is 8.51. The third-order valence-electron chi connectivity index (χ3n) is 3.06. The van der Waals surface area contributed by atoms with Gasteiger partial charge in [0.2, 0.25) is 5.89 Å². The Morgan fingerprint density at radius 1 is 1.15 bits per heavy atom. The summed E-state index contributed by atoms with van der Waals surface area (Å²) in [7, 11) is 0. The third kappa shape index (κ3) is 2.71. The molecule has 0 fully saturated rings. The smallest absolute Gasteiger partial charge is 0.283 e. The summed E-state index contributed by atoms with van der Waals surface area (Å²) in [6, 6.07) is 9.68. The van der Waals surface area contributed by atoms with Gasteiger partial charge in [-0.3, -0.25) is 0 Å². The summed E-state index contributed by atoms with van der Waals surface area (Å²) in [5.74, 6) is 1.68. The fourth-order valence-corrected chi connectivity index (χ4v) is 2.67. The second-order valence-electron chi connectivity index (χ2n) is 4.71. The van der Waals surface area contributed by atoms with Crippen LogP contribution in [0.2, 0.25) is 0 Å². The molecule has 1 aromatic carbocycles. The van der Waals surface area contributed by atoms with Crippen LogP contribution in [0.1, 0.15) is 25.2 Å². The lowest BCUT2D eigenvalue weighted by molar-refractivity contribution is 0.450. The van der Waals surface area contributed by atoms with Crippen LogP contribution in [-0.4, -0.2) is 14.8 Å². The number of furan rings is 1. The molecule has 2 aromatic heterocycles. The molecule has 0 aliphatic carbocycles. The topological polar surface area (TPSA) is 52.1 Å². The number of para-hydroxylation sites is 1. The molecule has 0 saturated carbocycles. The summed E-state index contributed by atoms with van der Waals surface area (Å²) in [6.07, 6.45) is 0.758. The maximum absolute atomic E-state index is 5.70. The zero-order chi connectivity index (χ0) is 14.1. The fraction of sp³-hybridized carbons (Fsp3) is 0.286. The molecule has 4 nitrogen and oxygen atoms in total. The highest BCUT2D eigenvalue weighted by Crippen LogP contribution is 2.29. The van der Waals surface area contributed by atoms with E-state index in [-0.39, 0.29) is 10.5 Å². The van der Waals surface area contributed by atoms with Crippen LogP contribution in [0.5, 0.6) is 0 Å². The van der Waals surface area contributed by atoms with Crippen molar-refractivity contribution >= 4 is 36.2 Å². The molecule has 0 N–H and O–H groups in total. The van der Waals surface area contributed by atoms with Crippen molar-refractivity contribution in [1.29, 1.82) is 0 Å². The van der Waals surface area contributed by atoms with E-state index in [1.54, 1.807) is 0 Å². The number of rotatable bonds is 4. The van der Waals surface area contributed by atoms with Crippen LogP contribution in [0.4, 0.5) is 0 Å². The molecule has 0 saturated heterocycles. The lowest BCUT2D eigenvalue weighted by Crippen LogP contribution is -1.99. The molecule has 1 unspecified atom stereocenters. The van der Waals surface area contributed by atoms with Crippen LogP contribution in [0.15, 0.2) is 39.2 Å². The van der Waals surface area contributed by atoms with E-state index in [1.165, 1.54) is 0 Å². The maximum atomic E-state index is 5.70. The first kappa shape index (κ1) is 13.6. The van der Waals surface area contributed by atoms with Crippen LogP contribution in [0, 0.1) is 0 Å². The van der Waals surface area contributed by atoms with Crippen molar-refractivity contribution in [3.63, 3.8) is 0 Å². The Morgan fingerprint density at radius 3 is 2.70 bits per heavy atom. The molecule has 0 aliphatic heterocycles. The Kier molecular flexibility index (Phi) is 3.76. The number of hydrogen-bond acceptors (Lipinski definition) is 6. The molecule has 104 valence electrons. The minimum Gasteiger partial charge on any atom is -0.451 e. The Balaban J connectivity index is 1.89. The van der Waals surface area contributed by atoms with Gasteiger partial charge in [0.1, 0.15) is 5.58 Å². The molecular formula is C14H14N2O2S2. The first-order valence-corrected chi connectivity index (χ1v) is 7.35. The van der Waals surface area contributed by atoms with E-state index in [0.717, 1.165) is 17.4 Å². The molecule has 20 heavy (non-hydrogen) atoms. The summed E-state index contributed by atoms with van der Waals surface area (Å²) in [5.41, 5.74) is 0.807. The van der Waals surface area contributed by atoms with Gasteiger partial charge in [-0.15, -0.1) is 10.2 Å². The first-order valence-electron chi connectivity index (χ1n) is 6.32. The van der Waals surface area contributed by atoms with Gasteiger partial charge in [0.25, 0.3) is 5.89 Å². The minimum absolute atomic E-state index is 0.00782. The SMILES string of the molecule is CC(CC(S)S)c1nnc(-c2cc3ccccc3o2)o1. The summed E-state index contributed by atoms with van der Waals surface area (Å²) < 4.78 is 11.4. The standard InChI is InChI=1S/C14H14N2O2S2/c1-8(6-12(19)20)13-15-16-14(18-13)11-7-9-4-2-3-5-10(9)17-11/h2-5,7-8,12,19-20H,6H2,1H3. The highest BCUT2D eigenvalue weighted by Gasteiger charge is 2.18. The quantitative estimate of drug-likeness (QED) is 0.561. The first-order chi connectivity index (χ1) is 9.63. The normalized spacial score (nSPS) is 13.2. The molecule has 2 heterocycles. The van der Waals surface area contributed by atoms with Gasteiger partial charge < -0.3 is 8.83 Å². The Labute approximate surface area is 127 Å². The molecule has 0 bridgehead atoms. The van der Waals surface area contributed by atoms with Gasteiger partial charge >= 0.3 is 0 Å². The second kappa shape index (κ2) is 5.54. The average molecular weight is 306 g/mol. The Hall–Kier alpha value is -1.40. The summed E-state index contributed by atoms with van der Waals surface area (Å²) in [6.45, 7) is 2.01. The molecule has 6 heteroatoms. The number of benzene rings is 1. The van der Waals surface area contributed by atoms with Gasteiger partial charge in [-0.1, -0.05) is 25.1 Å². The van der Waals surface area contributed by atoms with E-state index in [4.69, 9.17) is 8.83 Å². The highest BCUT2D eigenvalue weighted by atomic mass is 32.2.